The first-order valence-electron chi connectivity index (χ1n) is 7.02. The summed E-state index contributed by atoms with van der Waals surface area (Å²) in [5, 5.41) is 7.41. The standard InChI is InChI=1S/C14H24N4O/c1-11(2)4-7-18-8-5-13(6-9-18)15-10-14-16-12(3)19-17-14/h4,13,15H,5-10H2,1-3H3. The molecule has 1 aromatic rings. The van der Waals surface area contributed by atoms with Crippen LogP contribution in [0.3, 0.4) is 0 Å². The molecule has 1 aliphatic heterocycles. The van der Waals surface area contributed by atoms with E-state index in [9.17, 15) is 0 Å². The second kappa shape index (κ2) is 6.82. The minimum atomic E-state index is 0.571. The van der Waals surface area contributed by atoms with Crippen molar-refractivity contribution in [3.63, 3.8) is 0 Å². The molecule has 2 heterocycles. The van der Waals surface area contributed by atoms with Gasteiger partial charge < -0.3 is 9.84 Å². The molecule has 1 fully saturated rings. The van der Waals surface area contributed by atoms with E-state index in [1.807, 2.05) is 6.92 Å². The van der Waals surface area contributed by atoms with Crippen molar-refractivity contribution in [1.82, 2.24) is 20.4 Å². The third-order valence-electron chi connectivity index (χ3n) is 3.46. The maximum absolute atomic E-state index is 4.96. The van der Waals surface area contributed by atoms with E-state index in [0.717, 1.165) is 25.5 Å². The van der Waals surface area contributed by atoms with Gasteiger partial charge in [0.15, 0.2) is 5.82 Å². The lowest BCUT2D eigenvalue weighted by atomic mass is 10.0. The van der Waals surface area contributed by atoms with E-state index in [1.165, 1.54) is 18.4 Å². The Morgan fingerprint density at radius 2 is 2.16 bits per heavy atom. The summed E-state index contributed by atoms with van der Waals surface area (Å²) in [5.74, 6) is 1.39. The van der Waals surface area contributed by atoms with Crippen molar-refractivity contribution in [2.75, 3.05) is 19.6 Å². The Hall–Kier alpha value is -1.20. The third-order valence-corrected chi connectivity index (χ3v) is 3.46. The van der Waals surface area contributed by atoms with Gasteiger partial charge in [0.2, 0.25) is 5.89 Å². The van der Waals surface area contributed by atoms with Crippen molar-refractivity contribution in [3.8, 4) is 0 Å². The molecule has 1 saturated heterocycles. The molecule has 0 unspecified atom stereocenters. The molecule has 5 heteroatoms. The number of nitrogens with one attached hydrogen (secondary N) is 1. The highest BCUT2D eigenvalue weighted by atomic mass is 16.5. The smallest absolute Gasteiger partial charge is 0.223 e. The van der Waals surface area contributed by atoms with E-state index < -0.39 is 0 Å². The normalized spacial score (nSPS) is 17.6. The number of hydrogen-bond donors (Lipinski definition) is 1. The van der Waals surface area contributed by atoms with Gasteiger partial charge in [-0.15, -0.1) is 0 Å². The third kappa shape index (κ3) is 4.76. The molecule has 2 rings (SSSR count). The highest BCUT2D eigenvalue weighted by Gasteiger charge is 2.18. The average molecular weight is 264 g/mol. The molecule has 0 atom stereocenters. The van der Waals surface area contributed by atoms with Gasteiger partial charge in [-0.05, 0) is 39.8 Å². The summed E-state index contributed by atoms with van der Waals surface area (Å²) in [4.78, 5) is 6.70. The molecule has 0 bridgehead atoms. The fraction of sp³-hybridized carbons (Fsp3) is 0.714. The Kier molecular flexibility index (Phi) is 5.10. The van der Waals surface area contributed by atoms with Crippen molar-refractivity contribution in [3.05, 3.63) is 23.4 Å². The first-order chi connectivity index (χ1) is 9.13. The summed E-state index contributed by atoms with van der Waals surface area (Å²) < 4.78 is 4.96. The van der Waals surface area contributed by atoms with Crippen LogP contribution in [0.25, 0.3) is 0 Å². The van der Waals surface area contributed by atoms with Gasteiger partial charge in [-0.3, -0.25) is 4.90 Å². The van der Waals surface area contributed by atoms with Gasteiger partial charge in [0, 0.05) is 19.5 Å². The van der Waals surface area contributed by atoms with Crippen LogP contribution >= 0.6 is 0 Å². The number of allylic oxidation sites excluding steroid dienone is 1. The quantitative estimate of drug-likeness (QED) is 0.823. The molecule has 1 N–H and O–H groups in total. The molecule has 0 aliphatic carbocycles. The highest BCUT2D eigenvalue weighted by Crippen LogP contribution is 2.11. The van der Waals surface area contributed by atoms with Gasteiger partial charge in [0.1, 0.15) is 0 Å². The Bertz CT molecular complexity index is 415. The molecule has 19 heavy (non-hydrogen) atoms. The topological polar surface area (TPSA) is 54.2 Å². The van der Waals surface area contributed by atoms with Crippen LogP contribution in [0.4, 0.5) is 0 Å². The predicted molar refractivity (Wildman–Crippen MR) is 74.8 cm³/mol. The number of aryl methyl sites for hydroxylation is 1. The molecule has 0 saturated carbocycles. The van der Waals surface area contributed by atoms with Crippen LogP contribution in [-0.4, -0.2) is 40.7 Å². The van der Waals surface area contributed by atoms with E-state index in [0.29, 0.717) is 18.5 Å². The van der Waals surface area contributed by atoms with Crippen molar-refractivity contribution >= 4 is 0 Å². The van der Waals surface area contributed by atoms with Gasteiger partial charge in [-0.2, -0.15) is 4.98 Å². The van der Waals surface area contributed by atoms with Gasteiger partial charge >= 0.3 is 0 Å². The van der Waals surface area contributed by atoms with Gasteiger partial charge in [0.25, 0.3) is 0 Å². The minimum absolute atomic E-state index is 0.571. The van der Waals surface area contributed by atoms with Crippen molar-refractivity contribution in [2.24, 2.45) is 0 Å². The second-order valence-corrected chi connectivity index (χ2v) is 5.47. The monoisotopic (exact) mass is 264 g/mol. The summed E-state index contributed by atoms with van der Waals surface area (Å²) in [6.45, 7) is 10.2. The fourth-order valence-corrected chi connectivity index (χ4v) is 2.28. The number of piperidine rings is 1. The Balaban J connectivity index is 1.67. The van der Waals surface area contributed by atoms with Gasteiger partial charge in [-0.1, -0.05) is 16.8 Å². The molecule has 0 aromatic carbocycles. The Morgan fingerprint density at radius 3 is 2.74 bits per heavy atom. The zero-order valence-corrected chi connectivity index (χ0v) is 12.1. The molecular weight excluding hydrogens is 240 g/mol. The number of likely N-dealkylation sites (tertiary alicyclic amines) is 1. The highest BCUT2D eigenvalue weighted by molar-refractivity contribution is 4.95. The van der Waals surface area contributed by atoms with Crippen molar-refractivity contribution < 1.29 is 4.52 Å². The molecular formula is C14H24N4O. The number of nitrogens with zero attached hydrogens (tertiary/aromatic N) is 3. The van der Waals surface area contributed by atoms with Gasteiger partial charge in [0.05, 0.1) is 6.54 Å². The average Bonchev–Trinajstić information content (AvgIpc) is 2.81. The van der Waals surface area contributed by atoms with Crippen LogP contribution < -0.4 is 5.32 Å². The van der Waals surface area contributed by atoms with Gasteiger partial charge in [-0.25, -0.2) is 0 Å². The second-order valence-electron chi connectivity index (χ2n) is 5.47. The van der Waals surface area contributed by atoms with Crippen LogP contribution in [0.1, 0.15) is 38.4 Å². The molecule has 0 spiro atoms. The summed E-state index contributed by atoms with van der Waals surface area (Å²) in [7, 11) is 0. The predicted octanol–water partition coefficient (Wildman–Crippen LogP) is 1.90. The molecule has 0 amide bonds. The Labute approximate surface area is 115 Å². The van der Waals surface area contributed by atoms with Crippen molar-refractivity contribution in [2.45, 2.75) is 46.2 Å². The summed E-state index contributed by atoms with van der Waals surface area (Å²) in [5.41, 5.74) is 1.40. The maximum atomic E-state index is 4.96. The van der Waals surface area contributed by atoms with E-state index in [4.69, 9.17) is 4.52 Å². The van der Waals surface area contributed by atoms with E-state index in [1.54, 1.807) is 0 Å². The summed E-state index contributed by atoms with van der Waals surface area (Å²) in [6, 6.07) is 0.571. The van der Waals surface area contributed by atoms with Crippen LogP contribution in [0, 0.1) is 6.92 Å². The Morgan fingerprint density at radius 1 is 1.42 bits per heavy atom. The van der Waals surface area contributed by atoms with Crippen LogP contribution in [0.2, 0.25) is 0 Å². The van der Waals surface area contributed by atoms with E-state index in [-0.39, 0.29) is 0 Å². The lowest BCUT2D eigenvalue weighted by molar-refractivity contribution is 0.213. The molecule has 1 aromatic heterocycles. The lowest BCUT2D eigenvalue weighted by Crippen LogP contribution is -2.42. The SMILES string of the molecule is CC(C)=CCN1CCC(NCc2noc(C)n2)CC1. The molecule has 106 valence electrons. The molecule has 5 nitrogen and oxygen atoms in total. The van der Waals surface area contributed by atoms with E-state index >= 15 is 0 Å². The molecule has 1 aliphatic rings. The zero-order chi connectivity index (χ0) is 13.7. The minimum Gasteiger partial charge on any atom is -0.340 e. The first-order valence-corrected chi connectivity index (χ1v) is 7.02. The van der Waals surface area contributed by atoms with Crippen LogP contribution in [-0.2, 0) is 6.54 Å². The van der Waals surface area contributed by atoms with Crippen LogP contribution in [0.15, 0.2) is 16.2 Å². The lowest BCUT2D eigenvalue weighted by Gasteiger charge is -2.31. The largest absolute Gasteiger partial charge is 0.340 e. The first kappa shape index (κ1) is 14.2. The number of aromatic nitrogens is 2. The molecule has 0 radical (unpaired) electrons. The number of rotatable bonds is 5. The van der Waals surface area contributed by atoms with Crippen LogP contribution in [0.5, 0.6) is 0 Å². The summed E-state index contributed by atoms with van der Waals surface area (Å²) in [6.07, 6.45) is 4.68. The van der Waals surface area contributed by atoms with E-state index in [2.05, 4.69) is 40.3 Å². The van der Waals surface area contributed by atoms with Crippen molar-refractivity contribution in [1.29, 1.82) is 0 Å². The summed E-state index contributed by atoms with van der Waals surface area (Å²) >= 11 is 0. The number of hydrogen-bond acceptors (Lipinski definition) is 5. The fourth-order valence-electron chi connectivity index (χ4n) is 2.28. The zero-order valence-electron chi connectivity index (χ0n) is 12.1. The maximum Gasteiger partial charge on any atom is 0.223 e.